The van der Waals surface area contributed by atoms with Crippen LogP contribution < -0.4 is 10.6 Å². The maximum absolute atomic E-state index is 12.6. The Morgan fingerprint density at radius 1 is 1.39 bits per heavy atom. The van der Waals surface area contributed by atoms with Gasteiger partial charge in [0.15, 0.2) is 0 Å². The maximum Gasteiger partial charge on any atom is 0.252 e. The first-order valence-corrected chi connectivity index (χ1v) is 8.08. The number of hydrogen-bond donors (Lipinski definition) is 2. The van der Waals surface area contributed by atoms with Gasteiger partial charge in [-0.1, -0.05) is 37.6 Å². The van der Waals surface area contributed by atoms with Crippen molar-refractivity contribution < 1.29 is 9.53 Å². The first kappa shape index (κ1) is 20.2. The average molecular weight is 361 g/mol. The van der Waals surface area contributed by atoms with E-state index in [9.17, 15) is 4.79 Å². The van der Waals surface area contributed by atoms with E-state index in [0.717, 1.165) is 18.7 Å². The number of piperidine rings is 1. The summed E-state index contributed by atoms with van der Waals surface area (Å²) in [6.45, 7) is 6.35. The van der Waals surface area contributed by atoms with E-state index in [1.807, 2.05) is 24.3 Å². The SMILES string of the molecule is COC1(C(=O)NCC(C)(C)c2cccc(Cl)c2)CCNCC1.Cl. The van der Waals surface area contributed by atoms with Gasteiger partial charge in [-0.15, -0.1) is 12.4 Å². The standard InChI is InChI=1S/C17H25ClN2O2.ClH/c1-16(2,13-5-4-6-14(18)11-13)12-20-15(21)17(22-3)7-9-19-10-8-17;/h4-6,11,19H,7-10,12H2,1-3H3,(H,20,21);1H. The summed E-state index contributed by atoms with van der Waals surface area (Å²) in [6, 6.07) is 7.78. The molecule has 23 heavy (non-hydrogen) atoms. The third kappa shape index (κ3) is 4.83. The molecule has 0 aliphatic carbocycles. The molecular weight excluding hydrogens is 335 g/mol. The molecule has 4 nitrogen and oxygen atoms in total. The van der Waals surface area contributed by atoms with Crippen LogP contribution in [0, 0.1) is 0 Å². The lowest BCUT2D eigenvalue weighted by Gasteiger charge is -2.36. The topological polar surface area (TPSA) is 50.4 Å². The average Bonchev–Trinajstić information content (AvgIpc) is 2.53. The van der Waals surface area contributed by atoms with E-state index in [4.69, 9.17) is 16.3 Å². The summed E-state index contributed by atoms with van der Waals surface area (Å²) in [4.78, 5) is 12.6. The zero-order valence-electron chi connectivity index (χ0n) is 13.9. The molecular formula is C17H26Cl2N2O2. The molecule has 0 spiro atoms. The van der Waals surface area contributed by atoms with Crippen molar-refractivity contribution in [1.29, 1.82) is 0 Å². The Labute approximate surface area is 149 Å². The predicted molar refractivity (Wildman–Crippen MR) is 96.6 cm³/mol. The van der Waals surface area contributed by atoms with Crippen LogP contribution in [-0.4, -0.2) is 38.3 Å². The molecule has 1 fully saturated rings. The molecule has 6 heteroatoms. The highest BCUT2D eigenvalue weighted by atomic mass is 35.5. The largest absolute Gasteiger partial charge is 0.368 e. The zero-order valence-corrected chi connectivity index (χ0v) is 15.5. The third-order valence-corrected chi connectivity index (χ3v) is 4.75. The van der Waals surface area contributed by atoms with Gasteiger partial charge in [-0.3, -0.25) is 4.79 Å². The number of methoxy groups -OCH3 is 1. The van der Waals surface area contributed by atoms with Crippen LogP contribution in [0.1, 0.15) is 32.3 Å². The van der Waals surface area contributed by atoms with E-state index in [2.05, 4.69) is 24.5 Å². The van der Waals surface area contributed by atoms with Crippen molar-refractivity contribution in [3.8, 4) is 0 Å². The van der Waals surface area contributed by atoms with Crippen molar-refractivity contribution in [2.45, 2.75) is 37.7 Å². The van der Waals surface area contributed by atoms with Gasteiger partial charge in [0.1, 0.15) is 5.60 Å². The summed E-state index contributed by atoms with van der Waals surface area (Å²) in [7, 11) is 1.62. The fraction of sp³-hybridized carbons (Fsp3) is 0.588. The molecule has 1 aromatic carbocycles. The predicted octanol–water partition coefficient (Wildman–Crippen LogP) is 2.92. The minimum atomic E-state index is -0.699. The Balaban J connectivity index is 0.00000264. The quantitative estimate of drug-likeness (QED) is 0.848. The molecule has 0 atom stereocenters. The Morgan fingerprint density at radius 3 is 2.61 bits per heavy atom. The minimum absolute atomic E-state index is 0. The van der Waals surface area contributed by atoms with Gasteiger partial charge in [-0.2, -0.15) is 0 Å². The molecule has 0 aromatic heterocycles. The van der Waals surface area contributed by atoms with Gasteiger partial charge < -0.3 is 15.4 Å². The monoisotopic (exact) mass is 360 g/mol. The lowest BCUT2D eigenvalue weighted by molar-refractivity contribution is -0.146. The lowest BCUT2D eigenvalue weighted by Crippen LogP contribution is -2.55. The Bertz CT molecular complexity index is 529. The van der Waals surface area contributed by atoms with Crippen molar-refractivity contribution in [3.05, 3.63) is 34.9 Å². The van der Waals surface area contributed by atoms with Crippen molar-refractivity contribution in [1.82, 2.24) is 10.6 Å². The van der Waals surface area contributed by atoms with Crippen LogP contribution in [0.25, 0.3) is 0 Å². The van der Waals surface area contributed by atoms with E-state index in [0.29, 0.717) is 24.4 Å². The smallest absolute Gasteiger partial charge is 0.252 e. The van der Waals surface area contributed by atoms with Crippen molar-refractivity contribution in [3.63, 3.8) is 0 Å². The van der Waals surface area contributed by atoms with E-state index >= 15 is 0 Å². The second-order valence-electron chi connectivity index (χ2n) is 6.53. The number of carbonyl (C=O) groups is 1. The summed E-state index contributed by atoms with van der Waals surface area (Å²) in [6.07, 6.45) is 1.40. The van der Waals surface area contributed by atoms with E-state index in [1.54, 1.807) is 7.11 Å². The highest BCUT2D eigenvalue weighted by molar-refractivity contribution is 6.30. The summed E-state index contributed by atoms with van der Waals surface area (Å²) < 4.78 is 5.56. The molecule has 1 aliphatic rings. The third-order valence-electron chi connectivity index (χ3n) is 4.51. The molecule has 1 aliphatic heterocycles. The van der Waals surface area contributed by atoms with Crippen molar-refractivity contribution in [2.75, 3.05) is 26.7 Å². The number of carbonyl (C=O) groups excluding carboxylic acids is 1. The molecule has 1 heterocycles. The van der Waals surface area contributed by atoms with Crippen LogP contribution in [0.2, 0.25) is 5.02 Å². The molecule has 130 valence electrons. The molecule has 1 aromatic rings. The van der Waals surface area contributed by atoms with Crippen LogP contribution in [0.4, 0.5) is 0 Å². The molecule has 2 N–H and O–H groups in total. The Kier molecular flexibility index (Phi) is 7.33. The first-order chi connectivity index (χ1) is 10.4. The number of rotatable bonds is 5. The van der Waals surface area contributed by atoms with Gasteiger partial charge in [0, 0.05) is 24.1 Å². The van der Waals surface area contributed by atoms with E-state index < -0.39 is 5.60 Å². The molecule has 1 saturated heterocycles. The fourth-order valence-corrected chi connectivity index (χ4v) is 3.02. The normalized spacial score (nSPS) is 17.2. The number of nitrogens with one attached hydrogen (secondary N) is 2. The molecule has 2 rings (SSSR count). The van der Waals surface area contributed by atoms with Gasteiger partial charge in [0.25, 0.3) is 5.91 Å². The number of ether oxygens (including phenoxy) is 1. The highest BCUT2D eigenvalue weighted by Gasteiger charge is 2.40. The van der Waals surface area contributed by atoms with Crippen LogP contribution in [0.3, 0.4) is 0 Å². The highest BCUT2D eigenvalue weighted by Crippen LogP contribution is 2.26. The van der Waals surface area contributed by atoms with E-state index in [-0.39, 0.29) is 23.7 Å². The zero-order chi connectivity index (χ0) is 16.2. The van der Waals surface area contributed by atoms with Crippen LogP contribution >= 0.6 is 24.0 Å². The van der Waals surface area contributed by atoms with E-state index in [1.165, 1.54) is 0 Å². The van der Waals surface area contributed by atoms with Crippen molar-refractivity contribution in [2.24, 2.45) is 0 Å². The molecule has 0 unspecified atom stereocenters. The van der Waals surface area contributed by atoms with Gasteiger partial charge in [0.2, 0.25) is 0 Å². The summed E-state index contributed by atoms with van der Waals surface area (Å²) >= 11 is 6.07. The van der Waals surface area contributed by atoms with Gasteiger partial charge in [-0.05, 0) is 43.6 Å². The lowest BCUT2D eigenvalue weighted by atomic mass is 9.84. The fourth-order valence-electron chi connectivity index (χ4n) is 2.83. The van der Waals surface area contributed by atoms with Crippen LogP contribution in [0.5, 0.6) is 0 Å². The number of hydrogen-bond acceptors (Lipinski definition) is 3. The summed E-state index contributed by atoms with van der Waals surface area (Å²) in [5, 5.41) is 7.04. The number of amides is 1. The second kappa shape index (κ2) is 8.34. The molecule has 0 saturated carbocycles. The second-order valence-corrected chi connectivity index (χ2v) is 6.96. The molecule has 1 amide bonds. The minimum Gasteiger partial charge on any atom is -0.368 e. The van der Waals surface area contributed by atoms with Crippen molar-refractivity contribution >= 4 is 29.9 Å². The van der Waals surface area contributed by atoms with Crippen LogP contribution in [0.15, 0.2) is 24.3 Å². The Morgan fingerprint density at radius 2 is 2.04 bits per heavy atom. The molecule has 0 bridgehead atoms. The Hall–Kier alpha value is -0.810. The number of benzene rings is 1. The van der Waals surface area contributed by atoms with Crippen LogP contribution in [-0.2, 0) is 14.9 Å². The van der Waals surface area contributed by atoms with Gasteiger partial charge in [-0.25, -0.2) is 0 Å². The number of halogens is 2. The van der Waals surface area contributed by atoms with Gasteiger partial charge >= 0.3 is 0 Å². The first-order valence-electron chi connectivity index (χ1n) is 7.70. The van der Waals surface area contributed by atoms with Gasteiger partial charge in [0.05, 0.1) is 0 Å². The summed E-state index contributed by atoms with van der Waals surface area (Å²) in [5.74, 6) is -0.0217. The molecule has 0 radical (unpaired) electrons. The maximum atomic E-state index is 12.6. The summed E-state index contributed by atoms with van der Waals surface area (Å²) in [5.41, 5.74) is 0.218.